The van der Waals surface area contributed by atoms with Crippen LogP contribution in [0.5, 0.6) is 0 Å². The van der Waals surface area contributed by atoms with Crippen molar-refractivity contribution in [3.63, 3.8) is 0 Å². The molecule has 0 bridgehead atoms. The number of halogens is 2. The van der Waals surface area contributed by atoms with Gasteiger partial charge in [0.2, 0.25) is 0 Å². The first-order valence-corrected chi connectivity index (χ1v) is 12.4. The van der Waals surface area contributed by atoms with E-state index in [0.29, 0.717) is 23.1 Å². The molecule has 1 heterocycles. The van der Waals surface area contributed by atoms with Crippen LogP contribution in [-0.4, -0.2) is 38.1 Å². The Morgan fingerprint density at radius 1 is 0.875 bits per heavy atom. The van der Waals surface area contributed by atoms with Crippen molar-refractivity contribution in [3.8, 4) is 0 Å². The molecule has 0 aromatic heterocycles. The van der Waals surface area contributed by atoms with Gasteiger partial charge in [-0.3, -0.25) is 4.90 Å². The van der Waals surface area contributed by atoms with Gasteiger partial charge in [0, 0.05) is 29.1 Å². The van der Waals surface area contributed by atoms with Gasteiger partial charge in [-0.15, -0.1) is 0 Å². The first kappa shape index (κ1) is 22.8. The molecule has 1 aliphatic heterocycles. The van der Waals surface area contributed by atoms with E-state index in [1.807, 2.05) is 48.5 Å². The number of benzene rings is 3. The van der Waals surface area contributed by atoms with Crippen LogP contribution in [0, 0.1) is 5.92 Å². The van der Waals surface area contributed by atoms with E-state index in [-0.39, 0.29) is 23.3 Å². The van der Waals surface area contributed by atoms with Crippen LogP contribution in [-0.2, 0) is 14.3 Å². The Labute approximate surface area is 197 Å². The monoisotopic (exact) mass is 489 g/mol. The quantitative estimate of drug-likeness (QED) is 0.426. The molecule has 1 saturated heterocycles. The Morgan fingerprint density at radius 2 is 1.38 bits per heavy atom. The summed E-state index contributed by atoms with van der Waals surface area (Å²) in [6.07, 6.45) is 0. The summed E-state index contributed by atoms with van der Waals surface area (Å²) in [7, 11) is -3.99. The highest BCUT2D eigenvalue weighted by molar-refractivity contribution is 7.87. The van der Waals surface area contributed by atoms with E-state index >= 15 is 0 Å². The summed E-state index contributed by atoms with van der Waals surface area (Å²) in [6.45, 7) is 1.11. The summed E-state index contributed by atoms with van der Waals surface area (Å²) in [5, 5.41) is 1.30. The fourth-order valence-corrected chi connectivity index (χ4v) is 5.33. The normalized spacial score (nSPS) is 14.8. The lowest BCUT2D eigenvalue weighted by molar-refractivity contribution is 0.0709. The highest BCUT2D eigenvalue weighted by Crippen LogP contribution is 2.35. The smallest absolute Gasteiger partial charge is 0.341 e. The summed E-state index contributed by atoms with van der Waals surface area (Å²) < 4.78 is 29.6. The number of rotatable bonds is 7. The zero-order chi connectivity index (χ0) is 22.7. The molecule has 166 valence electrons. The molecule has 0 atom stereocenters. The van der Waals surface area contributed by atoms with Gasteiger partial charge in [-0.1, -0.05) is 65.7 Å². The average Bonchev–Trinajstić information content (AvgIpc) is 2.75. The van der Waals surface area contributed by atoms with Crippen molar-refractivity contribution >= 4 is 39.3 Å². The highest BCUT2D eigenvalue weighted by Gasteiger charge is 2.37. The lowest BCUT2D eigenvalue weighted by Gasteiger charge is -2.44. The molecule has 0 aliphatic carbocycles. The molecule has 1 aliphatic rings. The van der Waals surface area contributed by atoms with E-state index in [9.17, 15) is 13.2 Å². The van der Waals surface area contributed by atoms with Crippen molar-refractivity contribution in [2.75, 3.05) is 18.8 Å². The van der Waals surface area contributed by atoms with Crippen molar-refractivity contribution in [2.45, 2.75) is 6.04 Å². The number of hydrogen-bond donors (Lipinski definition) is 0. The van der Waals surface area contributed by atoms with E-state index in [2.05, 4.69) is 4.90 Å². The number of carbonyl (C=O) groups is 1. The van der Waals surface area contributed by atoms with Gasteiger partial charge in [0.05, 0.1) is 17.4 Å². The molecule has 0 saturated carbocycles. The maximum Gasteiger partial charge on any atom is 0.353 e. The predicted molar refractivity (Wildman–Crippen MR) is 125 cm³/mol. The van der Waals surface area contributed by atoms with Crippen molar-refractivity contribution < 1.29 is 17.4 Å². The van der Waals surface area contributed by atoms with Crippen LogP contribution in [0.4, 0.5) is 0 Å². The fraction of sp³-hybridized carbons (Fsp3) is 0.208. The Kier molecular flexibility index (Phi) is 6.86. The molecule has 0 unspecified atom stereocenters. The first-order valence-electron chi connectivity index (χ1n) is 10.1. The van der Waals surface area contributed by atoms with Crippen molar-refractivity contribution in [3.05, 3.63) is 106 Å². The van der Waals surface area contributed by atoms with Gasteiger partial charge in [-0.25, -0.2) is 4.79 Å². The molecule has 0 radical (unpaired) electrons. The molecule has 3 aromatic carbocycles. The van der Waals surface area contributed by atoms with Crippen LogP contribution in [0.15, 0.2) is 78.9 Å². The van der Waals surface area contributed by atoms with Gasteiger partial charge in [-0.2, -0.15) is 8.42 Å². The molecule has 4 rings (SSSR count). The number of nitrogens with zero attached hydrogens (tertiary/aromatic N) is 1. The second kappa shape index (κ2) is 9.63. The minimum atomic E-state index is -3.99. The summed E-state index contributed by atoms with van der Waals surface area (Å²) in [6, 6.07) is 23.2. The van der Waals surface area contributed by atoms with E-state index in [0.717, 1.165) is 11.1 Å². The SMILES string of the molecule is O=C(OS(=O)(=O)CC1CN(C(c2ccc(Cl)cc2)c2ccc(Cl)cc2)C1)c1ccccc1. The molecule has 1 fully saturated rings. The highest BCUT2D eigenvalue weighted by atomic mass is 35.5. The topological polar surface area (TPSA) is 63.7 Å². The van der Waals surface area contributed by atoms with E-state index in [1.165, 1.54) is 12.1 Å². The largest absolute Gasteiger partial charge is 0.353 e. The Hall–Kier alpha value is -2.38. The molecule has 0 spiro atoms. The third-order valence-electron chi connectivity index (χ3n) is 5.37. The van der Waals surface area contributed by atoms with Crippen LogP contribution in [0.3, 0.4) is 0 Å². The van der Waals surface area contributed by atoms with Crippen molar-refractivity contribution in [2.24, 2.45) is 5.92 Å². The second-order valence-electron chi connectivity index (χ2n) is 7.79. The van der Waals surface area contributed by atoms with Crippen LogP contribution in [0.2, 0.25) is 10.0 Å². The van der Waals surface area contributed by atoms with Crippen LogP contribution < -0.4 is 0 Å². The molecule has 0 N–H and O–H groups in total. The van der Waals surface area contributed by atoms with Crippen LogP contribution in [0.25, 0.3) is 0 Å². The maximum atomic E-state index is 12.4. The van der Waals surface area contributed by atoms with E-state index < -0.39 is 16.1 Å². The van der Waals surface area contributed by atoms with Crippen molar-refractivity contribution in [1.82, 2.24) is 4.90 Å². The third-order valence-corrected chi connectivity index (χ3v) is 7.16. The number of hydrogen-bond acceptors (Lipinski definition) is 5. The van der Waals surface area contributed by atoms with Crippen LogP contribution >= 0.6 is 23.2 Å². The summed E-state index contributed by atoms with van der Waals surface area (Å²) in [5.41, 5.74) is 2.30. The number of carbonyl (C=O) groups excluding carboxylic acids is 1. The lowest BCUT2D eigenvalue weighted by atomic mass is 9.91. The summed E-state index contributed by atoms with van der Waals surface area (Å²) in [4.78, 5) is 14.3. The number of likely N-dealkylation sites (tertiary alicyclic amines) is 1. The van der Waals surface area contributed by atoms with Gasteiger partial charge >= 0.3 is 16.1 Å². The lowest BCUT2D eigenvalue weighted by Crippen LogP contribution is -2.51. The molecule has 5 nitrogen and oxygen atoms in total. The predicted octanol–water partition coefficient (Wildman–Crippen LogP) is 5.20. The minimum absolute atomic E-state index is 0.0599. The van der Waals surface area contributed by atoms with E-state index in [1.54, 1.807) is 18.2 Å². The Balaban J connectivity index is 1.43. The molecule has 3 aromatic rings. The standard InChI is InChI=1S/C24H21Cl2NO4S/c25-21-10-6-18(7-11-21)23(19-8-12-22(26)13-9-19)27-14-17(15-27)16-32(29,30)31-24(28)20-4-2-1-3-5-20/h1-13,17,23H,14-16H2. The molecule has 32 heavy (non-hydrogen) atoms. The average molecular weight is 490 g/mol. The molecular formula is C24H21Cl2NO4S. The second-order valence-corrected chi connectivity index (χ2v) is 10.3. The minimum Gasteiger partial charge on any atom is -0.341 e. The Bertz CT molecular complexity index is 1130. The van der Waals surface area contributed by atoms with Crippen LogP contribution in [0.1, 0.15) is 27.5 Å². The van der Waals surface area contributed by atoms with Crippen molar-refractivity contribution in [1.29, 1.82) is 0 Å². The fourth-order valence-electron chi connectivity index (χ4n) is 3.89. The van der Waals surface area contributed by atoms with Gasteiger partial charge in [-0.05, 0) is 47.5 Å². The van der Waals surface area contributed by atoms with Gasteiger partial charge in [0.1, 0.15) is 0 Å². The summed E-state index contributed by atoms with van der Waals surface area (Å²) in [5.74, 6) is -1.21. The van der Waals surface area contributed by atoms with Gasteiger partial charge < -0.3 is 4.18 Å². The molecule has 8 heteroatoms. The third kappa shape index (κ3) is 5.51. The van der Waals surface area contributed by atoms with E-state index in [4.69, 9.17) is 27.4 Å². The summed E-state index contributed by atoms with van der Waals surface area (Å²) >= 11 is 12.1. The molecule has 0 amide bonds. The van der Waals surface area contributed by atoms with Gasteiger partial charge in [0.25, 0.3) is 0 Å². The van der Waals surface area contributed by atoms with Gasteiger partial charge in [0.15, 0.2) is 0 Å². The zero-order valence-corrected chi connectivity index (χ0v) is 19.4. The zero-order valence-electron chi connectivity index (χ0n) is 17.0. The molecular weight excluding hydrogens is 469 g/mol. The maximum absolute atomic E-state index is 12.4. The first-order chi connectivity index (χ1) is 15.3. The Morgan fingerprint density at radius 3 is 1.88 bits per heavy atom.